The van der Waals surface area contributed by atoms with E-state index < -0.39 is 17.2 Å². The van der Waals surface area contributed by atoms with Crippen LogP contribution in [0.3, 0.4) is 0 Å². The van der Waals surface area contributed by atoms with Gasteiger partial charge in [-0.3, -0.25) is 15.0 Å². The number of hydrogen-bond donors (Lipinski definition) is 3. The van der Waals surface area contributed by atoms with Gasteiger partial charge in [-0.1, -0.05) is 6.42 Å². The van der Waals surface area contributed by atoms with E-state index in [9.17, 15) is 9.59 Å². The molecule has 62 valence electrons. The lowest BCUT2D eigenvalue weighted by atomic mass is 9.67. The number of nitrogens with one attached hydrogen (secondary N) is 1. The minimum atomic E-state index is -1.01. The Morgan fingerprint density at radius 1 is 1.36 bits per heavy atom. The number of rotatable bonds is 2. The summed E-state index contributed by atoms with van der Waals surface area (Å²) >= 11 is 0. The van der Waals surface area contributed by atoms with Gasteiger partial charge in [-0.25, -0.2) is 5.84 Å². The van der Waals surface area contributed by atoms with Crippen LogP contribution in [0.15, 0.2) is 0 Å². The predicted octanol–water partition coefficient (Wildman–Crippen LogP) is -1.37. The van der Waals surface area contributed by atoms with E-state index in [-0.39, 0.29) is 0 Å². The second kappa shape index (κ2) is 2.50. The molecular weight excluding hydrogens is 146 g/mol. The summed E-state index contributed by atoms with van der Waals surface area (Å²) in [7, 11) is 0. The smallest absolute Gasteiger partial charge is 0.249 e. The third-order valence-corrected chi connectivity index (χ3v) is 2.24. The van der Waals surface area contributed by atoms with Gasteiger partial charge < -0.3 is 5.73 Å². The molecule has 1 aliphatic rings. The minimum Gasteiger partial charge on any atom is -0.369 e. The molecule has 2 amide bonds. The van der Waals surface area contributed by atoms with Gasteiger partial charge in [0.05, 0.1) is 0 Å². The molecule has 5 N–H and O–H groups in total. The van der Waals surface area contributed by atoms with Gasteiger partial charge in [0.2, 0.25) is 11.8 Å². The summed E-state index contributed by atoms with van der Waals surface area (Å²) in [6, 6.07) is 0. The van der Waals surface area contributed by atoms with Crippen molar-refractivity contribution in [3.05, 3.63) is 0 Å². The van der Waals surface area contributed by atoms with Gasteiger partial charge in [0.25, 0.3) is 0 Å². The Bertz CT molecular complexity index is 198. The van der Waals surface area contributed by atoms with E-state index in [4.69, 9.17) is 11.6 Å². The number of amides is 2. The molecular formula is C6H11N3O2. The Kier molecular flexibility index (Phi) is 1.82. The first-order valence-corrected chi connectivity index (χ1v) is 3.44. The zero-order valence-corrected chi connectivity index (χ0v) is 6.09. The van der Waals surface area contributed by atoms with E-state index >= 15 is 0 Å². The summed E-state index contributed by atoms with van der Waals surface area (Å²) in [6.07, 6.45) is 1.90. The van der Waals surface area contributed by atoms with Gasteiger partial charge in [-0.15, -0.1) is 0 Å². The summed E-state index contributed by atoms with van der Waals surface area (Å²) in [4.78, 5) is 21.8. The van der Waals surface area contributed by atoms with E-state index in [0.29, 0.717) is 12.8 Å². The Balaban J connectivity index is 2.75. The highest BCUT2D eigenvalue weighted by Gasteiger charge is 2.49. The monoisotopic (exact) mass is 157 g/mol. The molecule has 5 nitrogen and oxygen atoms in total. The van der Waals surface area contributed by atoms with Crippen molar-refractivity contribution < 1.29 is 9.59 Å². The molecule has 0 bridgehead atoms. The van der Waals surface area contributed by atoms with Crippen molar-refractivity contribution in [2.45, 2.75) is 19.3 Å². The highest BCUT2D eigenvalue weighted by molar-refractivity contribution is 6.05. The number of hydrogen-bond acceptors (Lipinski definition) is 3. The zero-order chi connectivity index (χ0) is 8.48. The molecule has 1 aliphatic carbocycles. The van der Waals surface area contributed by atoms with Crippen molar-refractivity contribution in [3.63, 3.8) is 0 Å². The van der Waals surface area contributed by atoms with Crippen molar-refractivity contribution in [2.24, 2.45) is 17.0 Å². The van der Waals surface area contributed by atoms with E-state index in [1.54, 1.807) is 0 Å². The van der Waals surface area contributed by atoms with Crippen LogP contribution < -0.4 is 17.0 Å². The molecule has 0 heterocycles. The highest BCUT2D eigenvalue weighted by atomic mass is 16.2. The van der Waals surface area contributed by atoms with Crippen molar-refractivity contribution in [3.8, 4) is 0 Å². The van der Waals surface area contributed by atoms with Crippen LogP contribution >= 0.6 is 0 Å². The molecule has 0 aromatic rings. The van der Waals surface area contributed by atoms with Crippen LogP contribution in [-0.2, 0) is 9.59 Å². The first kappa shape index (κ1) is 8.00. The summed E-state index contributed by atoms with van der Waals surface area (Å²) in [5.41, 5.74) is 6.00. The van der Waals surface area contributed by atoms with Crippen LogP contribution in [0.2, 0.25) is 0 Å². The molecule has 0 radical (unpaired) electrons. The zero-order valence-electron chi connectivity index (χ0n) is 6.09. The van der Waals surface area contributed by atoms with Crippen LogP contribution in [0.25, 0.3) is 0 Å². The molecule has 0 aliphatic heterocycles. The Labute approximate surface area is 64.1 Å². The molecule has 1 rings (SSSR count). The molecule has 1 saturated carbocycles. The number of carbonyl (C=O) groups is 2. The van der Waals surface area contributed by atoms with Crippen molar-refractivity contribution >= 4 is 11.8 Å². The second-order valence-electron chi connectivity index (χ2n) is 2.77. The molecule has 0 atom stereocenters. The standard InChI is InChI=1S/C6H11N3O2/c7-4(10)6(2-1-3-6)5(11)9-8/h1-3,8H2,(H2,7,10)(H,9,11). The van der Waals surface area contributed by atoms with Crippen LogP contribution in [-0.4, -0.2) is 11.8 Å². The van der Waals surface area contributed by atoms with Crippen LogP contribution in [0.4, 0.5) is 0 Å². The maximum atomic E-state index is 11.0. The fourth-order valence-electron chi connectivity index (χ4n) is 1.25. The first-order chi connectivity index (χ1) is 5.13. The fourth-order valence-corrected chi connectivity index (χ4v) is 1.25. The van der Waals surface area contributed by atoms with Gasteiger partial charge in [-0.2, -0.15) is 0 Å². The van der Waals surface area contributed by atoms with Crippen LogP contribution in [0, 0.1) is 5.41 Å². The molecule has 0 aromatic carbocycles. The topological polar surface area (TPSA) is 98.2 Å². The molecule has 0 spiro atoms. The molecule has 0 aromatic heterocycles. The van der Waals surface area contributed by atoms with Gasteiger partial charge in [0.15, 0.2) is 0 Å². The number of carbonyl (C=O) groups excluding carboxylic acids is 2. The lowest BCUT2D eigenvalue weighted by molar-refractivity contribution is -0.147. The highest BCUT2D eigenvalue weighted by Crippen LogP contribution is 2.40. The Hall–Kier alpha value is -1.10. The van der Waals surface area contributed by atoms with Crippen molar-refractivity contribution in [2.75, 3.05) is 0 Å². The summed E-state index contributed by atoms with van der Waals surface area (Å²) in [6.45, 7) is 0. The summed E-state index contributed by atoms with van der Waals surface area (Å²) < 4.78 is 0. The summed E-state index contributed by atoms with van der Waals surface area (Å²) in [5.74, 6) is 3.86. The minimum absolute atomic E-state index is 0.462. The average Bonchev–Trinajstić information content (AvgIpc) is 1.84. The molecule has 5 heteroatoms. The van der Waals surface area contributed by atoms with E-state index in [2.05, 4.69) is 0 Å². The normalized spacial score (nSPS) is 20.1. The number of hydrazine groups is 1. The van der Waals surface area contributed by atoms with Crippen molar-refractivity contribution in [1.82, 2.24) is 5.43 Å². The number of nitrogens with two attached hydrogens (primary N) is 2. The van der Waals surface area contributed by atoms with Gasteiger partial charge in [-0.05, 0) is 12.8 Å². The third-order valence-electron chi connectivity index (χ3n) is 2.24. The lowest BCUT2D eigenvalue weighted by Crippen LogP contribution is -2.55. The molecule has 11 heavy (non-hydrogen) atoms. The van der Waals surface area contributed by atoms with Gasteiger partial charge >= 0.3 is 0 Å². The van der Waals surface area contributed by atoms with Gasteiger partial charge in [0.1, 0.15) is 5.41 Å². The van der Waals surface area contributed by atoms with E-state index in [0.717, 1.165) is 6.42 Å². The predicted molar refractivity (Wildman–Crippen MR) is 37.8 cm³/mol. The lowest BCUT2D eigenvalue weighted by Gasteiger charge is -2.36. The maximum absolute atomic E-state index is 11.0. The van der Waals surface area contributed by atoms with E-state index in [1.807, 2.05) is 5.43 Å². The second-order valence-corrected chi connectivity index (χ2v) is 2.77. The average molecular weight is 157 g/mol. The molecule has 0 saturated heterocycles. The maximum Gasteiger partial charge on any atom is 0.249 e. The largest absolute Gasteiger partial charge is 0.369 e. The van der Waals surface area contributed by atoms with E-state index in [1.165, 1.54) is 0 Å². The summed E-state index contributed by atoms with van der Waals surface area (Å²) in [5, 5.41) is 0. The first-order valence-electron chi connectivity index (χ1n) is 3.44. The SMILES string of the molecule is NNC(=O)C1(C(N)=O)CCC1. The molecule has 1 fully saturated rings. The fraction of sp³-hybridized carbons (Fsp3) is 0.667. The Morgan fingerprint density at radius 3 is 2.00 bits per heavy atom. The number of primary amides is 1. The van der Waals surface area contributed by atoms with Crippen LogP contribution in [0.5, 0.6) is 0 Å². The van der Waals surface area contributed by atoms with Crippen LogP contribution in [0.1, 0.15) is 19.3 Å². The van der Waals surface area contributed by atoms with Crippen molar-refractivity contribution in [1.29, 1.82) is 0 Å². The van der Waals surface area contributed by atoms with Gasteiger partial charge in [0, 0.05) is 0 Å². The quantitative estimate of drug-likeness (QED) is 0.199. The molecule has 0 unspecified atom stereocenters. The Morgan fingerprint density at radius 2 is 1.91 bits per heavy atom. The third kappa shape index (κ3) is 0.970.